The molecule has 25 heavy (non-hydrogen) atoms. The van der Waals surface area contributed by atoms with Crippen LogP contribution < -0.4 is 20.5 Å². The van der Waals surface area contributed by atoms with Crippen molar-refractivity contribution in [2.45, 2.75) is 0 Å². The van der Waals surface area contributed by atoms with Crippen molar-refractivity contribution in [3.63, 3.8) is 0 Å². The van der Waals surface area contributed by atoms with Gasteiger partial charge in [0.15, 0.2) is 0 Å². The topological polar surface area (TPSA) is 73.5 Å². The fourth-order valence-electron chi connectivity index (χ4n) is 1.82. The van der Waals surface area contributed by atoms with Gasteiger partial charge in [-0.2, -0.15) is 4.83 Å². The minimum absolute atomic E-state index is 0.230. The summed E-state index contributed by atoms with van der Waals surface area (Å²) >= 11 is 12.6. The minimum atomic E-state index is -0.576. The SMILES string of the molecule is CN(C)c1ccc(C(=O)SNNC(=O)Nc2cc(Cl)ccc2Cl)cc1. The van der Waals surface area contributed by atoms with Crippen LogP contribution in [0.15, 0.2) is 42.5 Å². The second-order valence-corrected chi connectivity index (χ2v) is 6.76. The molecule has 6 nitrogen and oxygen atoms in total. The van der Waals surface area contributed by atoms with Crippen molar-refractivity contribution in [1.29, 1.82) is 0 Å². The van der Waals surface area contributed by atoms with Crippen molar-refractivity contribution in [2.24, 2.45) is 0 Å². The van der Waals surface area contributed by atoms with Crippen molar-refractivity contribution < 1.29 is 9.59 Å². The van der Waals surface area contributed by atoms with Crippen molar-refractivity contribution >= 4 is 57.7 Å². The van der Waals surface area contributed by atoms with E-state index in [1.807, 2.05) is 31.1 Å². The third-order valence-corrected chi connectivity index (χ3v) is 4.29. The number of nitrogens with zero attached hydrogens (tertiary/aromatic N) is 1. The molecule has 2 rings (SSSR count). The van der Waals surface area contributed by atoms with E-state index in [-0.39, 0.29) is 5.12 Å². The van der Waals surface area contributed by atoms with Gasteiger partial charge < -0.3 is 10.2 Å². The summed E-state index contributed by atoms with van der Waals surface area (Å²) in [5, 5.41) is 3.09. The summed E-state index contributed by atoms with van der Waals surface area (Å²) in [6, 6.07) is 11.3. The molecule has 9 heteroatoms. The van der Waals surface area contributed by atoms with Crippen molar-refractivity contribution in [1.82, 2.24) is 10.3 Å². The maximum atomic E-state index is 12.0. The molecule has 0 fully saturated rings. The summed E-state index contributed by atoms with van der Waals surface area (Å²) in [4.78, 5) is 28.3. The fraction of sp³-hybridized carbons (Fsp3) is 0.125. The molecule has 0 aliphatic rings. The Morgan fingerprint density at radius 1 is 1.04 bits per heavy atom. The van der Waals surface area contributed by atoms with Gasteiger partial charge in [0.1, 0.15) is 0 Å². The van der Waals surface area contributed by atoms with Gasteiger partial charge in [-0.1, -0.05) is 23.2 Å². The average molecular weight is 399 g/mol. The van der Waals surface area contributed by atoms with Crippen LogP contribution in [0.1, 0.15) is 10.4 Å². The first-order chi connectivity index (χ1) is 11.9. The van der Waals surface area contributed by atoms with E-state index in [4.69, 9.17) is 23.2 Å². The van der Waals surface area contributed by atoms with Crippen molar-refractivity contribution in [3.8, 4) is 0 Å². The Morgan fingerprint density at radius 3 is 2.36 bits per heavy atom. The van der Waals surface area contributed by atoms with Crippen LogP contribution in [0.5, 0.6) is 0 Å². The second kappa shape index (κ2) is 8.96. The molecule has 0 atom stereocenters. The van der Waals surface area contributed by atoms with Gasteiger partial charge in [0, 0.05) is 42.3 Å². The number of carbonyl (C=O) groups is 2. The van der Waals surface area contributed by atoms with Crippen LogP contribution in [-0.2, 0) is 0 Å². The quantitative estimate of drug-likeness (QED) is 0.520. The third kappa shape index (κ3) is 5.82. The summed E-state index contributed by atoms with van der Waals surface area (Å²) in [6.45, 7) is 0. The van der Waals surface area contributed by atoms with E-state index in [0.717, 1.165) is 17.6 Å². The molecule has 2 amide bonds. The Hall–Kier alpha value is -1.93. The van der Waals surface area contributed by atoms with Gasteiger partial charge in [0.2, 0.25) is 5.12 Å². The van der Waals surface area contributed by atoms with Gasteiger partial charge in [-0.3, -0.25) is 10.2 Å². The molecule has 132 valence electrons. The third-order valence-electron chi connectivity index (χ3n) is 3.10. The zero-order chi connectivity index (χ0) is 18.4. The van der Waals surface area contributed by atoms with Crippen LogP contribution >= 0.6 is 35.1 Å². The Kier molecular flexibility index (Phi) is 6.95. The molecule has 0 saturated heterocycles. The van der Waals surface area contributed by atoms with Crippen LogP contribution in [0.2, 0.25) is 10.0 Å². The lowest BCUT2D eigenvalue weighted by molar-refractivity contribution is 0.108. The zero-order valence-electron chi connectivity index (χ0n) is 13.5. The second-order valence-electron chi connectivity index (χ2n) is 5.14. The van der Waals surface area contributed by atoms with Crippen LogP contribution in [-0.4, -0.2) is 25.2 Å². The van der Waals surface area contributed by atoms with E-state index in [1.165, 1.54) is 6.07 Å². The van der Waals surface area contributed by atoms with Crippen LogP contribution in [0, 0.1) is 0 Å². The number of urea groups is 1. The van der Waals surface area contributed by atoms with E-state index in [1.54, 1.807) is 24.3 Å². The normalized spacial score (nSPS) is 10.2. The first kappa shape index (κ1) is 19.4. The van der Waals surface area contributed by atoms with Crippen molar-refractivity contribution in [3.05, 3.63) is 58.1 Å². The summed E-state index contributed by atoms with van der Waals surface area (Å²) < 4.78 is 0. The Balaban J connectivity index is 1.82. The number of hydrazine groups is 1. The predicted octanol–water partition coefficient (Wildman–Crippen LogP) is 4.17. The van der Waals surface area contributed by atoms with Gasteiger partial charge in [-0.05, 0) is 42.5 Å². The molecule has 0 bridgehead atoms. The molecule has 0 spiro atoms. The van der Waals surface area contributed by atoms with E-state index in [2.05, 4.69) is 15.6 Å². The summed E-state index contributed by atoms with van der Waals surface area (Å²) in [7, 11) is 3.84. The lowest BCUT2D eigenvalue weighted by atomic mass is 10.2. The number of halogens is 2. The first-order valence-corrected chi connectivity index (χ1v) is 8.69. The largest absolute Gasteiger partial charge is 0.378 e. The summed E-state index contributed by atoms with van der Waals surface area (Å²) in [5.74, 6) is 0. The van der Waals surface area contributed by atoms with Gasteiger partial charge in [-0.25, -0.2) is 4.79 Å². The zero-order valence-corrected chi connectivity index (χ0v) is 15.8. The Morgan fingerprint density at radius 2 is 1.72 bits per heavy atom. The molecule has 0 saturated carbocycles. The van der Waals surface area contributed by atoms with Crippen molar-refractivity contribution in [2.75, 3.05) is 24.3 Å². The molecule has 0 aromatic heterocycles. The smallest absolute Gasteiger partial charge is 0.334 e. The lowest BCUT2D eigenvalue weighted by Crippen LogP contribution is -2.37. The number of carbonyl (C=O) groups excluding carboxylic acids is 2. The monoisotopic (exact) mass is 398 g/mol. The van der Waals surface area contributed by atoms with Gasteiger partial charge >= 0.3 is 6.03 Å². The predicted molar refractivity (Wildman–Crippen MR) is 104 cm³/mol. The highest BCUT2D eigenvalue weighted by atomic mass is 35.5. The van der Waals surface area contributed by atoms with Gasteiger partial charge in [0.25, 0.3) is 0 Å². The lowest BCUT2D eigenvalue weighted by Gasteiger charge is -2.12. The number of rotatable bonds is 5. The number of nitrogens with one attached hydrogen (secondary N) is 3. The highest BCUT2D eigenvalue weighted by Gasteiger charge is 2.09. The molecule has 0 aliphatic carbocycles. The maximum Gasteiger partial charge on any atom is 0.334 e. The number of amides is 2. The highest BCUT2D eigenvalue weighted by Crippen LogP contribution is 2.25. The highest BCUT2D eigenvalue weighted by molar-refractivity contribution is 8.12. The van der Waals surface area contributed by atoms with Gasteiger partial charge in [0.05, 0.1) is 10.7 Å². The molecule has 3 N–H and O–H groups in total. The minimum Gasteiger partial charge on any atom is -0.378 e. The first-order valence-electron chi connectivity index (χ1n) is 7.12. The maximum absolute atomic E-state index is 12.0. The Labute approximate surface area is 160 Å². The number of hydrogen-bond acceptors (Lipinski definition) is 5. The molecular weight excluding hydrogens is 383 g/mol. The number of anilines is 2. The molecule has 2 aromatic carbocycles. The standard InChI is InChI=1S/C16H16Cl2N4O2S/c1-22(2)12-6-3-10(4-7-12)15(23)25-21-20-16(24)19-14-9-11(17)5-8-13(14)18/h3-9,21H,1-2H3,(H2,19,20,24). The molecular formula is C16H16Cl2N4O2S. The van der Waals surface area contributed by atoms with Crippen LogP contribution in [0.3, 0.4) is 0 Å². The van der Waals surface area contributed by atoms with Crippen LogP contribution in [0.25, 0.3) is 0 Å². The van der Waals surface area contributed by atoms with E-state index in [0.29, 0.717) is 21.3 Å². The van der Waals surface area contributed by atoms with Crippen LogP contribution in [0.4, 0.5) is 16.2 Å². The molecule has 0 unspecified atom stereocenters. The number of benzene rings is 2. The van der Waals surface area contributed by atoms with E-state index < -0.39 is 6.03 Å². The molecule has 0 aliphatic heterocycles. The fourth-order valence-corrected chi connectivity index (χ4v) is 2.65. The van der Waals surface area contributed by atoms with E-state index >= 15 is 0 Å². The average Bonchev–Trinajstić information content (AvgIpc) is 2.58. The number of hydrogen-bond donors (Lipinski definition) is 3. The molecule has 0 heterocycles. The van der Waals surface area contributed by atoms with Gasteiger partial charge in [-0.15, -0.1) is 0 Å². The Bertz CT molecular complexity index is 769. The summed E-state index contributed by atoms with van der Waals surface area (Å²) in [5.41, 5.74) is 4.21. The molecule has 2 aromatic rings. The van der Waals surface area contributed by atoms with E-state index in [9.17, 15) is 9.59 Å². The summed E-state index contributed by atoms with van der Waals surface area (Å²) in [6.07, 6.45) is 0. The molecule has 0 radical (unpaired) electrons.